The van der Waals surface area contributed by atoms with Gasteiger partial charge in [-0.25, -0.2) is 0 Å². The zero-order chi connectivity index (χ0) is 43.2. The van der Waals surface area contributed by atoms with Gasteiger partial charge in [-0.05, 0) is 128 Å². The van der Waals surface area contributed by atoms with Crippen LogP contribution in [0.4, 0.5) is 0 Å². The summed E-state index contributed by atoms with van der Waals surface area (Å²) in [5, 5.41) is 0. The van der Waals surface area contributed by atoms with E-state index in [-0.39, 0.29) is 0 Å². The van der Waals surface area contributed by atoms with E-state index < -0.39 is 0 Å². The molecule has 0 saturated carbocycles. The molecule has 0 aromatic heterocycles. The Kier molecular flexibility index (Phi) is 13.7. The molecule has 10 aromatic rings. The predicted octanol–water partition coefficient (Wildman–Crippen LogP) is 17.7. The quantitative estimate of drug-likeness (QED) is 0.150. The number of hydrogen-bond donors (Lipinski definition) is 0. The first-order valence-electron chi connectivity index (χ1n) is 21.7. The number of rotatable bonds is 7. The van der Waals surface area contributed by atoms with Gasteiger partial charge in [0.1, 0.15) is 0 Å². The monoisotopic (exact) mass is 808 g/mol. The second-order valence-electron chi connectivity index (χ2n) is 15.9. The molecule has 0 spiro atoms. The van der Waals surface area contributed by atoms with E-state index in [2.05, 4.69) is 282 Å². The van der Waals surface area contributed by atoms with Crippen LogP contribution in [0.3, 0.4) is 0 Å². The minimum Gasteiger partial charge on any atom is -0.0622 e. The summed E-state index contributed by atoms with van der Waals surface area (Å²) in [6, 6.07) is 92.3. The average Bonchev–Trinajstić information content (AvgIpc) is 3.36. The highest BCUT2D eigenvalue weighted by atomic mass is 14.1. The molecule has 0 bridgehead atoms. The molecule has 0 aliphatic heterocycles. The third-order valence-electron chi connectivity index (χ3n) is 11.3. The summed E-state index contributed by atoms with van der Waals surface area (Å²) < 4.78 is 0. The molecular weight excluding hydrogens is 757 g/mol. The first-order chi connectivity index (χ1) is 31.0. The van der Waals surface area contributed by atoms with E-state index in [0.717, 1.165) is 0 Å². The SMILES string of the molecule is Cc1ccc(-c2cc(-c3ccccc3)cc(-c3ccccc3)c2)cc1.Cc1ccc(-c2ccccc2)c(-c2ccccc2)c1.Cc1ccc(-c2ccccc2)cc1-c1ccccc1. The summed E-state index contributed by atoms with van der Waals surface area (Å²) in [6.07, 6.45) is 0. The van der Waals surface area contributed by atoms with Gasteiger partial charge in [-0.2, -0.15) is 0 Å². The van der Waals surface area contributed by atoms with Gasteiger partial charge in [0.05, 0.1) is 0 Å². The van der Waals surface area contributed by atoms with Crippen molar-refractivity contribution in [3.63, 3.8) is 0 Å². The van der Waals surface area contributed by atoms with Crippen LogP contribution in [0.15, 0.2) is 261 Å². The van der Waals surface area contributed by atoms with Gasteiger partial charge in [0, 0.05) is 0 Å². The molecule has 0 amide bonds. The molecule has 63 heavy (non-hydrogen) atoms. The van der Waals surface area contributed by atoms with Crippen LogP contribution in [-0.4, -0.2) is 0 Å². The van der Waals surface area contributed by atoms with Crippen molar-refractivity contribution < 1.29 is 0 Å². The molecule has 0 radical (unpaired) electrons. The molecule has 0 aliphatic rings. The molecule has 0 heterocycles. The predicted molar refractivity (Wildman–Crippen MR) is 272 cm³/mol. The highest BCUT2D eigenvalue weighted by Gasteiger charge is 2.09. The van der Waals surface area contributed by atoms with Gasteiger partial charge in [-0.15, -0.1) is 0 Å². The fraction of sp³-hybridized carbons (Fsp3) is 0.0476. The van der Waals surface area contributed by atoms with Gasteiger partial charge in [0.2, 0.25) is 0 Å². The van der Waals surface area contributed by atoms with Crippen LogP contribution in [0.2, 0.25) is 0 Å². The lowest BCUT2D eigenvalue weighted by Gasteiger charge is -2.11. The summed E-state index contributed by atoms with van der Waals surface area (Å²) in [5.74, 6) is 0. The maximum atomic E-state index is 2.28. The molecule has 0 unspecified atom stereocenters. The van der Waals surface area contributed by atoms with Crippen LogP contribution >= 0.6 is 0 Å². The maximum Gasteiger partial charge on any atom is -0.0103 e. The van der Waals surface area contributed by atoms with Crippen LogP contribution in [-0.2, 0) is 0 Å². The van der Waals surface area contributed by atoms with Gasteiger partial charge in [0.15, 0.2) is 0 Å². The van der Waals surface area contributed by atoms with Crippen molar-refractivity contribution in [1.82, 2.24) is 0 Å². The molecule has 0 atom stereocenters. The molecule has 0 saturated heterocycles. The fourth-order valence-electron chi connectivity index (χ4n) is 7.88. The molecule has 0 aliphatic carbocycles. The molecule has 0 heteroatoms. The van der Waals surface area contributed by atoms with Gasteiger partial charge in [-0.1, -0.05) is 248 Å². The Balaban J connectivity index is 0.000000132. The van der Waals surface area contributed by atoms with Crippen LogP contribution in [0, 0.1) is 20.8 Å². The molecule has 0 nitrogen and oxygen atoms in total. The Bertz CT molecular complexity index is 2900. The highest BCUT2D eigenvalue weighted by molar-refractivity contribution is 5.84. The van der Waals surface area contributed by atoms with Crippen molar-refractivity contribution in [3.8, 4) is 77.9 Å². The summed E-state index contributed by atoms with van der Waals surface area (Å²) >= 11 is 0. The average molecular weight is 809 g/mol. The van der Waals surface area contributed by atoms with E-state index in [1.807, 2.05) is 0 Å². The number of benzene rings is 10. The molecular formula is C63H52. The smallest absolute Gasteiger partial charge is 0.0103 e. The van der Waals surface area contributed by atoms with Gasteiger partial charge in [-0.3, -0.25) is 0 Å². The second kappa shape index (κ2) is 20.6. The Hall–Kier alpha value is -7.80. The van der Waals surface area contributed by atoms with Crippen LogP contribution in [0.25, 0.3) is 77.9 Å². The van der Waals surface area contributed by atoms with Crippen molar-refractivity contribution >= 4 is 0 Å². The Morgan fingerprint density at radius 3 is 0.921 bits per heavy atom. The normalized spacial score (nSPS) is 10.5. The van der Waals surface area contributed by atoms with E-state index >= 15 is 0 Å². The summed E-state index contributed by atoms with van der Waals surface area (Å²) in [5.41, 5.74) is 21.6. The number of aryl methyl sites for hydroxylation is 3. The zero-order valence-electron chi connectivity index (χ0n) is 36.3. The number of hydrogen-bond acceptors (Lipinski definition) is 0. The van der Waals surface area contributed by atoms with Crippen molar-refractivity contribution in [2.45, 2.75) is 20.8 Å². The van der Waals surface area contributed by atoms with Crippen LogP contribution in [0.1, 0.15) is 16.7 Å². The molecule has 0 N–H and O–H groups in total. The van der Waals surface area contributed by atoms with E-state index in [1.54, 1.807) is 0 Å². The van der Waals surface area contributed by atoms with Gasteiger partial charge in [0.25, 0.3) is 0 Å². The lowest BCUT2D eigenvalue weighted by atomic mass is 9.93. The van der Waals surface area contributed by atoms with Crippen molar-refractivity contribution in [2.75, 3.05) is 0 Å². The van der Waals surface area contributed by atoms with Crippen LogP contribution in [0.5, 0.6) is 0 Å². The minimum absolute atomic E-state index is 1.24. The Labute approximate surface area is 374 Å². The first kappa shape index (κ1) is 41.9. The molecule has 10 aromatic carbocycles. The van der Waals surface area contributed by atoms with Crippen molar-refractivity contribution in [2.24, 2.45) is 0 Å². The Morgan fingerprint density at radius 2 is 0.492 bits per heavy atom. The highest BCUT2D eigenvalue weighted by Crippen LogP contribution is 2.35. The molecule has 0 fully saturated rings. The Morgan fingerprint density at radius 1 is 0.175 bits per heavy atom. The topological polar surface area (TPSA) is 0 Å². The van der Waals surface area contributed by atoms with Gasteiger partial charge < -0.3 is 0 Å². The van der Waals surface area contributed by atoms with Crippen molar-refractivity contribution in [1.29, 1.82) is 0 Å². The third kappa shape index (κ3) is 10.9. The fourth-order valence-corrected chi connectivity index (χ4v) is 7.88. The lowest BCUT2D eigenvalue weighted by molar-refractivity contribution is 1.45. The summed E-state index contributed by atoms with van der Waals surface area (Å²) in [6.45, 7) is 6.43. The lowest BCUT2D eigenvalue weighted by Crippen LogP contribution is -1.86. The summed E-state index contributed by atoms with van der Waals surface area (Å²) in [7, 11) is 0. The van der Waals surface area contributed by atoms with E-state index in [1.165, 1.54) is 94.6 Å². The standard InChI is InChI=1S/C25H20.2C19H16/c1-19-12-14-22(15-13-19)25-17-23(20-8-4-2-5-9-20)16-24(18-25)21-10-6-3-7-11-21;1-15-12-13-18(16-8-4-2-5-9-16)14-19(15)17-10-6-3-7-11-17;1-15-12-13-18(16-8-4-2-5-9-16)19(14-15)17-10-6-3-7-11-17/h2-18H,1H3;2*2-14H,1H3. The zero-order valence-corrected chi connectivity index (χ0v) is 36.3. The molecule has 304 valence electrons. The first-order valence-corrected chi connectivity index (χ1v) is 21.7. The summed E-state index contributed by atoms with van der Waals surface area (Å²) in [4.78, 5) is 0. The minimum atomic E-state index is 1.24. The van der Waals surface area contributed by atoms with E-state index in [9.17, 15) is 0 Å². The third-order valence-corrected chi connectivity index (χ3v) is 11.3. The van der Waals surface area contributed by atoms with Crippen molar-refractivity contribution in [3.05, 3.63) is 278 Å². The van der Waals surface area contributed by atoms with E-state index in [0.29, 0.717) is 0 Å². The van der Waals surface area contributed by atoms with Gasteiger partial charge >= 0.3 is 0 Å². The maximum absolute atomic E-state index is 2.28. The van der Waals surface area contributed by atoms with Crippen LogP contribution < -0.4 is 0 Å². The largest absolute Gasteiger partial charge is 0.0622 e. The molecule has 10 rings (SSSR count). The van der Waals surface area contributed by atoms with E-state index in [4.69, 9.17) is 0 Å². The second-order valence-corrected chi connectivity index (χ2v) is 15.9.